The average Bonchev–Trinajstić information content (AvgIpc) is 2.25. The van der Waals surface area contributed by atoms with E-state index in [2.05, 4.69) is 20.7 Å². The smallest absolute Gasteiger partial charge is 0.229 e. The van der Waals surface area contributed by atoms with Crippen LogP contribution in [0.2, 0.25) is 0 Å². The van der Waals surface area contributed by atoms with Crippen LogP contribution in [-0.2, 0) is 10.0 Å². The summed E-state index contributed by atoms with van der Waals surface area (Å²) in [5.74, 6) is 0. The van der Waals surface area contributed by atoms with Crippen LogP contribution in [0.25, 0.3) is 5.57 Å². The van der Waals surface area contributed by atoms with E-state index < -0.39 is 10.0 Å². The molecule has 0 aliphatic carbocycles. The van der Waals surface area contributed by atoms with Gasteiger partial charge in [-0.1, -0.05) is 41.1 Å². The lowest BCUT2D eigenvalue weighted by molar-refractivity contribution is 0.607. The second-order valence-corrected chi connectivity index (χ2v) is 6.51. The van der Waals surface area contributed by atoms with Crippen LogP contribution >= 0.6 is 15.9 Å². The Morgan fingerprint density at radius 2 is 1.94 bits per heavy atom. The summed E-state index contributed by atoms with van der Waals surface area (Å²) in [6.45, 7) is 4.01. The normalized spacial score (nSPS) is 13.2. The highest BCUT2D eigenvalue weighted by molar-refractivity contribution is 9.11. The van der Waals surface area contributed by atoms with E-state index in [4.69, 9.17) is 0 Å². The van der Waals surface area contributed by atoms with Crippen molar-refractivity contribution in [2.24, 2.45) is 0 Å². The minimum atomic E-state index is -3.25. The zero-order chi connectivity index (χ0) is 13.1. The maximum atomic E-state index is 11.3. The molecule has 0 spiro atoms. The Bertz CT molecular complexity index is 535. The molecule has 0 aliphatic heterocycles. The van der Waals surface area contributed by atoms with Crippen molar-refractivity contribution in [1.82, 2.24) is 0 Å². The number of hydrogen-bond donors (Lipinski definition) is 1. The zero-order valence-electron chi connectivity index (χ0n) is 10.1. The Morgan fingerprint density at radius 3 is 2.47 bits per heavy atom. The maximum absolute atomic E-state index is 11.3. The highest BCUT2D eigenvalue weighted by Gasteiger charge is 2.09. The van der Waals surface area contributed by atoms with Crippen LogP contribution in [0.3, 0.4) is 0 Å². The second-order valence-electron chi connectivity index (χ2n) is 3.80. The summed E-state index contributed by atoms with van der Waals surface area (Å²) in [5, 5.41) is 0. The van der Waals surface area contributed by atoms with Crippen molar-refractivity contribution < 1.29 is 8.42 Å². The number of nitrogens with one attached hydrogen (secondary N) is 1. The molecule has 0 aliphatic rings. The molecule has 5 heteroatoms. The highest BCUT2D eigenvalue weighted by Crippen LogP contribution is 2.30. The highest BCUT2D eigenvalue weighted by atomic mass is 79.9. The van der Waals surface area contributed by atoms with Crippen LogP contribution in [0.4, 0.5) is 5.69 Å². The third-order valence-electron chi connectivity index (χ3n) is 2.34. The van der Waals surface area contributed by atoms with Gasteiger partial charge in [0.15, 0.2) is 0 Å². The summed E-state index contributed by atoms with van der Waals surface area (Å²) in [4.78, 5) is 0. The average molecular weight is 318 g/mol. The lowest BCUT2D eigenvalue weighted by atomic mass is 10.0. The molecular formula is C12H16BrNO2S. The van der Waals surface area contributed by atoms with Crippen LogP contribution in [0, 0.1) is 0 Å². The van der Waals surface area contributed by atoms with Gasteiger partial charge < -0.3 is 0 Å². The van der Waals surface area contributed by atoms with E-state index in [-0.39, 0.29) is 0 Å². The number of anilines is 1. The van der Waals surface area contributed by atoms with Gasteiger partial charge in [-0.05, 0) is 29.5 Å². The summed E-state index contributed by atoms with van der Waals surface area (Å²) < 4.78 is 26.1. The number of hydrogen-bond acceptors (Lipinski definition) is 2. The van der Waals surface area contributed by atoms with E-state index in [1.807, 2.05) is 32.0 Å². The number of para-hydroxylation sites is 1. The summed E-state index contributed by atoms with van der Waals surface area (Å²) in [7, 11) is -3.25. The molecule has 94 valence electrons. The van der Waals surface area contributed by atoms with Crippen molar-refractivity contribution in [1.29, 1.82) is 0 Å². The van der Waals surface area contributed by atoms with Gasteiger partial charge in [0.25, 0.3) is 0 Å². The second kappa shape index (κ2) is 5.69. The first-order valence-electron chi connectivity index (χ1n) is 5.27. The molecule has 0 fully saturated rings. The molecule has 3 nitrogen and oxygen atoms in total. The molecule has 1 aromatic carbocycles. The largest absolute Gasteiger partial charge is 0.283 e. The molecule has 0 amide bonds. The van der Waals surface area contributed by atoms with Crippen molar-refractivity contribution in [3.8, 4) is 0 Å². The SMILES string of the molecule is CC/C(Br)=C(/C)c1ccccc1NS(C)(=O)=O. The predicted octanol–water partition coefficient (Wildman–Crippen LogP) is 3.59. The van der Waals surface area contributed by atoms with E-state index in [0.717, 1.165) is 28.3 Å². The first-order chi connectivity index (χ1) is 7.85. The van der Waals surface area contributed by atoms with Crippen LogP contribution in [-0.4, -0.2) is 14.7 Å². The van der Waals surface area contributed by atoms with Crippen LogP contribution < -0.4 is 4.72 Å². The van der Waals surface area contributed by atoms with Crippen LogP contribution in [0.15, 0.2) is 28.7 Å². The first kappa shape index (κ1) is 14.3. The molecule has 0 saturated carbocycles. The maximum Gasteiger partial charge on any atom is 0.229 e. The summed E-state index contributed by atoms with van der Waals surface area (Å²) in [5.41, 5.74) is 2.55. The zero-order valence-corrected chi connectivity index (χ0v) is 12.5. The molecule has 1 N–H and O–H groups in total. The lowest BCUT2D eigenvalue weighted by Crippen LogP contribution is -2.11. The molecular weight excluding hydrogens is 302 g/mol. The standard InChI is InChI=1S/C12H16BrNO2S/c1-4-11(13)9(2)10-7-5-6-8-12(10)14-17(3,15)16/h5-8,14H,4H2,1-3H3/b11-9+. The Morgan fingerprint density at radius 1 is 1.35 bits per heavy atom. The van der Waals surface area contributed by atoms with Crippen molar-refractivity contribution in [2.45, 2.75) is 20.3 Å². The molecule has 1 rings (SSSR count). The number of rotatable bonds is 4. The van der Waals surface area contributed by atoms with Gasteiger partial charge in [-0.2, -0.15) is 0 Å². The molecule has 0 atom stereocenters. The molecule has 0 aromatic heterocycles. The predicted molar refractivity (Wildman–Crippen MR) is 76.7 cm³/mol. The topological polar surface area (TPSA) is 46.2 Å². The quantitative estimate of drug-likeness (QED) is 0.922. The Labute approximate surface area is 111 Å². The van der Waals surface area contributed by atoms with E-state index in [1.165, 1.54) is 0 Å². The van der Waals surface area contributed by atoms with E-state index >= 15 is 0 Å². The van der Waals surface area contributed by atoms with Crippen molar-refractivity contribution in [3.05, 3.63) is 34.3 Å². The van der Waals surface area contributed by atoms with Crippen molar-refractivity contribution in [2.75, 3.05) is 11.0 Å². The number of allylic oxidation sites excluding steroid dienone is 2. The van der Waals surface area contributed by atoms with Gasteiger partial charge in [-0.3, -0.25) is 4.72 Å². The Kier molecular flexibility index (Phi) is 4.77. The molecule has 0 unspecified atom stereocenters. The van der Waals surface area contributed by atoms with Gasteiger partial charge in [0.1, 0.15) is 0 Å². The summed E-state index contributed by atoms with van der Waals surface area (Å²) >= 11 is 3.50. The van der Waals surface area contributed by atoms with E-state index in [0.29, 0.717) is 5.69 Å². The van der Waals surface area contributed by atoms with E-state index in [1.54, 1.807) is 6.07 Å². The van der Waals surface area contributed by atoms with Gasteiger partial charge in [-0.15, -0.1) is 0 Å². The fourth-order valence-electron chi connectivity index (χ4n) is 1.51. The molecule has 0 saturated heterocycles. The number of halogens is 1. The minimum Gasteiger partial charge on any atom is -0.283 e. The number of sulfonamides is 1. The van der Waals surface area contributed by atoms with Crippen molar-refractivity contribution in [3.63, 3.8) is 0 Å². The van der Waals surface area contributed by atoms with Gasteiger partial charge >= 0.3 is 0 Å². The van der Waals surface area contributed by atoms with E-state index in [9.17, 15) is 8.42 Å². The molecule has 0 bridgehead atoms. The van der Waals surface area contributed by atoms with Crippen LogP contribution in [0.1, 0.15) is 25.8 Å². The molecule has 17 heavy (non-hydrogen) atoms. The van der Waals surface area contributed by atoms with Gasteiger partial charge in [0, 0.05) is 5.56 Å². The lowest BCUT2D eigenvalue weighted by Gasteiger charge is -2.12. The van der Waals surface area contributed by atoms with Gasteiger partial charge in [0.2, 0.25) is 10.0 Å². The monoisotopic (exact) mass is 317 g/mol. The molecule has 0 heterocycles. The fraction of sp³-hybridized carbons (Fsp3) is 0.333. The molecule has 0 radical (unpaired) electrons. The summed E-state index contributed by atoms with van der Waals surface area (Å²) in [6, 6.07) is 7.36. The molecule has 1 aromatic rings. The minimum absolute atomic E-state index is 0.609. The fourth-order valence-corrected chi connectivity index (χ4v) is 2.30. The van der Waals surface area contributed by atoms with Crippen LogP contribution in [0.5, 0.6) is 0 Å². The van der Waals surface area contributed by atoms with Crippen molar-refractivity contribution >= 4 is 37.2 Å². The summed E-state index contributed by atoms with van der Waals surface area (Å²) in [6.07, 6.45) is 2.02. The Hall–Kier alpha value is -0.810. The third kappa shape index (κ3) is 4.16. The van der Waals surface area contributed by atoms with Gasteiger partial charge in [0.05, 0.1) is 11.9 Å². The third-order valence-corrected chi connectivity index (χ3v) is 4.09. The first-order valence-corrected chi connectivity index (χ1v) is 7.96. The Balaban J connectivity index is 3.26. The number of benzene rings is 1. The van der Waals surface area contributed by atoms with Gasteiger partial charge in [-0.25, -0.2) is 8.42 Å².